The molecule has 0 bridgehead atoms. The van der Waals surface area contributed by atoms with Crippen molar-refractivity contribution in [2.45, 2.75) is 5.41 Å². The zero-order valence-corrected chi connectivity index (χ0v) is 15.9. The minimum absolute atomic E-state index is 0.0237. The smallest absolute Gasteiger partial charge is 0.193 e. The van der Waals surface area contributed by atoms with Crippen LogP contribution in [0.2, 0.25) is 5.02 Å². The predicted octanol–water partition coefficient (Wildman–Crippen LogP) is 6.27. The summed E-state index contributed by atoms with van der Waals surface area (Å²) in [5, 5.41) is 0.605. The Kier molecular flexibility index (Phi) is 3.92. The molecule has 0 N–H and O–H groups in total. The van der Waals surface area contributed by atoms with Gasteiger partial charge in [-0.3, -0.25) is 4.79 Å². The maximum Gasteiger partial charge on any atom is 0.193 e. The van der Waals surface area contributed by atoms with Gasteiger partial charge in [0, 0.05) is 21.7 Å². The third-order valence-corrected chi connectivity index (χ3v) is 5.94. The lowest BCUT2D eigenvalue weighted by Crippen LogP contribution is -2.38. The first-order valence-electron chi connectivity index (χ1n) is 9.29. The number of carbonyl (C=O) groups is 1. The summed E-state index contributed by atoms with van der Waals surface area (Å²) >= 11 is 6.81. The van der Waals surface area contributed by atoms with E-state index in [-0.39, 0.29) is 5.78 Å². The van der Waals surface area contributed by atoms with E-state index in [4.69, 9.17) is 11.6 Å². The Morgan fingerprint density at radius 3 is 1.75 bits per heavy atom. The molecule has 0 fully saturated rings. The highest BCUT2D eigenvalue weighted by Gasteiger charge is 2.47. The van der Waals surface area contributed by atoms with Gasteiger partial charge in [0.2, 0.25) is 0 Å². The minimum atomic E-state index is -0.652. The lowest BCUT2D eigenvalue weighted by atomic mass is 9.59. The maximum atomic E-state index is 13.4. The first-order chi connectivity index (χ1) is 13.7. The average Bonchev–Trinajstić information content (AvgIpc) is 2.76. The number of ketones is 1. The lowest BCUT2D eigenvalue weighted by molar-refractivity contribution is 0.103. The third-order valence-electron chi connectivity index (χ3n) is 5.62. The molecule has 0 amide bonds. The van der Waals surface area contributed by atoms with E-state index >= 15 is 0 Å². The summed E-state index contributed by atoms with van der Waals surface area (Å²) in [5.74, 6) is 0.0237. The van der Waals surface area contributed by atoms with E-state index in [0.717, 1.165) is 27.8 Å². The van der Waals surface area contributed by atoms with Gasteiger partial charge in [-0.2, -0.15) is 0 Å². The van der Waals surface area contributed by atoms with E-state index in [0.29, 0.717) is 10.6 Å². The standard InChI is InChI=1S/C26H17ClO/c27-23-17-9-15-21-24(23)26(18-10-3-1-4-11-18,19-12-5-2-6-13-19)22-16-8-7-14-20(22)25(21)28/h1-17H. The Morgan fingerprint density at radius 2 is 1.11 bits per heavy atom. The molecule has 0 heterocycles. The van der Waals surface area contributed by atoms with E-state index in [2.05, 4.69) is 30.3 Å². The van der Waals surface area contributed by atoms with Crippen LogP contribution in [0.15, 0.2) is 103 Å². The Hall–Kier alpha value is -3.16. The lowest BCUT2D eigenvalue weighted by Gasteiger charge is -2.42. The van der Waals surface area contributed by atoms with Crippen LogP contribution in [0.25, 0.3) is 0 Å². The highest BCUT2D eigenvalue weighted by Crippen LogP contribution is 2.52. The predicted molar refractivity (Wildman–Crippen MR) is 113 cm³/mol. The van der Waals surface area contributed by atoms with Gasteiger partial charge in [0.1, 0.15) is 0 Å². The highest BCUT2D eigenvalue weighted by molar-refractivity contribution is 6.33. The molecule has 0 radical (unpaired) electrons. The van der Waals surface area contributed by atoms with Gasteiger partial charge in [-0.1, -0.05) is 109 Å². The monoisotopic (exact) mass is 380 g/mol. The van der Waals surface area contributed by atoms with Crippen molar-refractivity contribution in [3.63, 3.8) is 0 Å². The zero-order valence-electron chi connectivity index (χ0n) is 15.1. The summed E-state index contributed by atoms with van der Waals surface area (Å²) in [6, 6.07) is 34.2. The number of fused-ring (bicyclic) bond motifs is 2. The quantitative estimate of drug-likeness (QED) is 0.353. The molecule has 4 aromatic carbocycles. The van der Waals surface area contributed by atoms with E-state index in [1.807, 2.05) is 72.8 Å². The molecule has 0 spiro atoms. The summed E-state index contributed by atoms with van der Waals surface area (Å²) < 4.78 is 0. The van der Waals surface area contributed by atoms with E-state index < -0.39 is 5.41 Å². The van der Waals surface area contributed by atoms with Crippen molar-refractivity contribution in [3.05, 3.63) is 142 Å². The van der Waals surface area contributed by atoms with Crippen molar-refractivity contribution in [1.82, 2.24) is 0 Å². The number of halogens is 1. The minimum Gasteiger partial charge on any atom is -0.289 e. The molecule has 28 heavy (non-hydrogen) atoms. The van der Waals surface area contributed by atoms with Gasteiger partial charge < -0.3 is 0 Å². The van der Waals surface area contributed by atoms with Crippen LogP contribution in [0.3, 0.4) is 0 Å². The van der Waals surface area contributed by atoms with Gasteiger partial charge in [-0.15, -0.1) is 0 Å². The van der Waals surface area contributed by atoms with Crippen LogP contribution >= 0.6 is 11.6 Å². The molecular weight excluding hydrogens is 364 g/mol. The molecule has 0 aliphatic heterocycles. The fourth-order valence-electron chi connectivity index (χ4n) is 4.53. The van der Waals surface area contributed by atoms with E-state index in [9.17, 15) is 4.79 Å². The summed E-state index contributed by atoms with van der Waals surface area (Å²) in [6.07, 6.45) is 0. The van der Waals surface area contributed by atoms with Crippen molar-refractivity contribution in [2.75, 3.05) is 0 Å². The fraction of sp³-hybridized carbons (Fsp3) is 0.0385. The van der Waals surface area contributed by atoms with Crippen LogP contribution < -0.4 is 0 Å². The molecule has 134 valence electrons. The first kappa shape index (κ1) is 17.0. The number of benzene rings is 4. The Bertz CT molecular complexity index is 1140. The fourth-order valence-corrected chi connectivity index (χ4v) is 4.84. The summed E-state index contributed by atoms with van der Waals surface area (Å²) in [6.45, 7) is 0. The van der Waals surface area contributed by atoms with Crippen molar-refractivity contribution in [2.24, 2.45) is 0 Å². The second-order valence-corrected chi connectivity index (χ2v) is 7.43. The maximum absolute atomic E-state index is 13.4. The molecule has 1 aliphatic rings. The molecule has 0 unspecified atom stereocenters. The Labute approximate surface area is 169 Å². The number of rotatable bonds is 2. The molecule has 5 rings (SSSR count). The van der Waals surface area contributed by atoms with E-state index in [1.54, 1.807) is 0 Å². The van der Waals surface area contributed by atoms with Gasteiger partial charge in [0.25, 0.3) is 0 Å². The molecule has 1 nitrogen and oxygen atoms in total. The summed E-state index contributed by atoms with van der Waals surface area (Å²) in [7, 11) is 0. The van der Waals surface area contributed by atoms with Crippen LogP contribution in [-0.4, -0.2) is 5.78 Å². The SMILES string of the molecule is O=C1c2ccccc2C(c2ccccc2)(c2ccccc2)c2c(Cl)cccc21. The molecule has 0 aromatic heterocycles. The van der Waals surface area contributed by atoms with Gasteiger partial charge in [0.05, 0.1) is 5.41 Å². The van der Waals surface area contributed by atoms with Crippen LogP contribution in [0.5, 0.6) is 0 Å². The average molecular weight is 381 g/mol. The number of hydrogen-bond donors (Lipinski definition) is 0. The molecule has 0 atom stereocenters. The number of hydrogen-bond acceptors (Lipinski definition) is 1. The van der Waals surface area contributed by atoms with Gasteiger partial charge in [-0.25, -0.2) is 0 Å². The summed E-state index contributed by atoms with van der Waals surface area (Å²) in [5.41, 5.74) is 4.76. The summed E-state index contributed by atoms with van der Waals surface area (Å²) in [4.78, 5) is 13.4. The number of carbonyl (C=O) groups excluding carboxylic acids is 1. The zero-order chi connectivity index (χ0) is 19.1. The van der Waals surface area contributed by atoms with Gasteiger partial charge in [0.15, 0.2) is 5.78 Å². The molecule has 0 saturated heterocycles. The highest BCUT2D eigenvalue weighted by atomic mass is 35.5. The van der Waals surface area contributed by atoms with Crippen molar-refractivity contribution in [3.8, 4) is 0 Å². The second kappa shape index (κ2) is 6.47. The van der Waals surface area contributed by atoms with Gasteiger partial charge >= 0.3 is 0 Å². The molecule has 1 aliphatic carbocycles. The van der Waals surface area contributed by atoms with Crippen molar-refractivity contribution < 1.29 is 4.79 Å². The van der Waals surface area contributed by atoms with Crippen LogP contribution in [0, 0.1) is 0 Å². The molecule has 0 saturated carbocycles. The van der Waals surface area contributed by atoms with Crippen LogP contribution in [-0.2, 0) is 5.41 Å². The van der Waals surface area contributed by atoms with E-state index in [1.165, 1.54) is 0 Å². The van der Waals surface area contributed by atoms with Gasteiger partial charge in [-0.05, 0) is 22.8 Å². The molecular formula is C26H17ClO. The van der Waals surface area contributed by atoms with Crippen molar-refractivity contribution in [1.29, 1.82) is 0 Å². The normalized spacial score (nSPS) is 14.2. The third kappa shape index (κ3) is 2.23. The largest absolute Gasteiger partial charge is 0.289 e. The topological polar surface area (TPSA) is 17.1 Å². The van der Waals surface area contributed by atoms with Crippen LogP contribution in [0.4, 0.5) is 0 Å². The second-order valence-electron chi connectivity index (χ2n) is 7.02. The van der Waals surface area contributed by atoms with Crippen molar-refractivity contribution >= 4 is 17.4 Å². The molecule has 2 heteroatoms. The van der Waals surface area contributed by atoms with Crippen LogP contribution in [0.1, 0.15) is 38.2 Å². The molecule has 4 aromatic rings. The Morgan fingerprint density at radius 1 is 0.571 bits per heavy atom. The Balaban J connectivity index is 2.04. The first-order valence-corrected chi connectivity index (χ1v) is 9.66.